The van der Waals surface area contributed by atoms with Crippen LogP contribution in [-0.2, 0) is 4.74 Å². The van der Waals surface area contributed by atoms with E-state index in [1.54, 1.807) is 0 Å². The van der Waals surface area contributed by atoms with Crippen LogP contribution >= 0.6 is 0 Å². The van der Waals surface area contributed by atoms with Crippen LogP contribution in [0.15, 0.2) is 35.8 Å². The molecule has 40 heavy (non-hydrogen) atoms. The van der Waals surface area contributed by atoms with Gasteiger partial charge in [0.25, 0.3) is 0 Å². The summed E-state index contributed by atoms with van der Waals surface area (Å²) >= 11 is 0. The number of carbonyl (C=O) groups is 1. The van der Waals surface area contributed by atoms with E-state index >= 15 is 0 Å². The van der Waals surface area contributed by atoms with Crippen LogP contribution in [0, 0.1) is 11.8 Å². The fourth-order valence-corrected chi connectivity index (χ4v) is 6.73. The highest BCUT2D eigenvalue weighted by molar-refractivity contribution is 5.77. The van der Waals surface area contributed by atoms with Crippen LogP contribution in [0.1, 0.15) is 64.7 Å². The minimum atomic E-state index is -1.10. The van der Waals surface area contributed by atoms with Gasteiger partial charge in [0.05, 0.1) is 12.2 Å². The zero-order valence-electron chi connectivity index (χ0n) is 23.9. The summed E-state index contributed by atoms with van der Waals surface area (Å²) in [6.07, 6.45) is 14.5. The maximum Gasteiger partial charge on any atom is 0.323 e. The minimum absolute atomic E-state index is 0.0357. The molecular formula is C30H49FN6O3. The molecule has 0 spiro atoms. The van der Waals surface area contributed by atoms with E-state index in [2.05, 4.69) is 37.6 Å². The van der Waals surface area contributed by atoms with Crippen LogP contribution in [0.5, 0.6) is 0 Å². The summed E-state index contributed by atoms with van der Waals surface area (Å²) in [5.74, 6) is 0.484. The van der Waals surface area contributed by atoms with E-state index < -0.39 is 12.4 Å². The Labute approximate surface area is 238 Å². The zero-order valence-corrected chi connectivity index (χ0v) is 23.9. The summed E-state index contributed by atoms with van der Waals surface area (Å²) in [6, 6.07) is 0.183. The van der Waals surface area contributed by atoms with E-state index in [1.165, 1.54) is 25.9 Å². The van der Waals surface area contributed by atoms with E-state index in [9.17, 15) is 14.3 Å². The van der Waals surface area contributed by atoms with Crippen LogP contribution in [0.2, 0.25) is 0 Å². The van der Waals surface area contributed by atoms with E-state index in [-0.39, 0.29) is 36.1 Å². The number of allylic oxidation sites excluding steroid dienone is 3. The van der Waals surface area contributed by atoms with Gasteiger partial charge in [-0.05, 0) is 89.1 Å². The summed E-state index contributed by atoms with van der Waals surface area (Å²) in [5.41, 5.74) is 1.25. The van der Waals surface area contributed by atoms with Gasteiger partial charge in [0, 0.05) is 49.0 Å². The summed E-state index contributed by atoms with van der Waals surface area (Å²) in [5, 5.41) is 26.8. The summed E-state index contributed by atoms with van der Waals surface area (Å²) in [4.78, 5) is 14.9. The summed E-state index contributed by atoms with van der Waals surface area (Å²) < 4.78 is 20.6. The number of rotatable bonds is 10. The molecule has 0 unspecified atom stereocenters. The molecule has 5 aliphatic rings. The number of likely N-dealkylation sites (tertiary alicyclic amines) is 1. The molecule has 5 rings (SSSR count). The fourth-order valence-electron chi connectivity index (χ4n) is 6.73. The maximum atomic E-state index is 14.1. The van der Waals surface area contributed by atoms with Gasteiger partial charge < -0.3 is 36.0 Å². The number of nitrogens with one attached hydrogen (secondary N) is 5. The predicted octanol–water partition coefficient (Wildman–Crippen LogP) is 2.62. The van der Waals surface area contributed by atoms with Gasteiger partial charge in [-0.15, -0.1) is 0 Å². The number of aliphatic hydroxyl groups is 1. The third kappa shape index (κ3) is 8.28. The van der Waals surface area contributed by atoms with Crippen LogP contribution in [0.25, 0.3) is 0 Å². The molecule has 0 radical (unpaired) electrons. The zero-order chi connectivity index (χ0) is 27.9. The summed E-state index contributed by atoms with van der Waals surface area (Å²) in [7, 11) is 0. The van der Waals surface area contributed by atoms with Gasteiger partial charge in [-0.1, -0.05) is 19.1 Å². The standard InChI is InChI=1S/C30H49FN6O3/c1-20-4-9-25(31)26(16-20)36-30(39)35-22-5-7-23(8-6-22)40-24-10-11-32-28(18-24)27-17-21(19-34-27)29(38)33-12-15-37-13-2-3-14-37/h5,10-11,16,20-21,23-25,27-29,32-34,38H,2-4,6-9,12-15,17-19H2,1H3,(H2,35,36,39)/t20-,21-,23-,24-,25+,27-,28+,29-/m1/s1. The Hall–Kier alpha value is -1.98. The van der Waals surface area contributed by atoms with Crippen molar-refractivity contribution in [1.29, 1.82) is 0 Å². The average molecular weight is 561 g/mol. The first-order valence-corrected chi connectivity index (χ1v) is 15.5. The molecule has 3 heterocycles. The fraction of sp³-hybridized carbons (Fsp3) is 0.767. The van der Waals surface area contributed by atoms with Crippen LogP contribution < -0.4 is 26.6 Å². The minimum Gasteiger partial charge on any atom is -0.387 e. The van der Waals surface area contributed by atoms with Gasteiger partial charge in [0.1, 0.15) is 12.4 Å². The molecular weight excluding hydrogens is 511 g/mol. The second kappa shape index (κ2) is 14.3. The highest BCUT2D eigenvalue weighted by Crippen LogP contribution is 2.27. The Balaban J connectivity index is 1.00. The molecule has 8 atom stereocenters. The van der Waals surface area contributed by atoms with Gasteiger partial charge in [-0.25, -0.2) is 9.18 Å². The Morgan fingerprint density at radius 1 is 1.20 bits per heavy atom. The first-order valence-electron chi connectivity index (χ1n) is 15.5. The molecule has 0 saturated carbocycles. The Kier molecular flexibility index (Phi) is 10.5. The van der Waals surface area contributed by atoms with Crippen molar-refractivity contribution in [3.05, 3.63) is 35.8 Å². The second-order valence-corrected chi connectivity index (χ2v) is 12.3. The SMILES string of the molecule is C[C@H]1C=C(NC(=O)NC2=CC[C@@H](O[C@@H]3C=CN[C@H]([C@H]4C[C@@H]([C@@H](O)NCCN5CCCC5)CN4)C3)CC2)[C@@H](F)CC1. The lowest BCUT2D eigenvalue weighted by atomic mass is 9.93. The van der Waals surface area contributed by atoms with Gasteiger partial charge in [-0.2, -0.15) is 0 Å². The molecule has 2 saturated heterocycles. The van der Waals surface area contributed by atoms with Crippen molar-refractivity contribution >= 4 is 6.03 Å². The third-order valence-corrected chi connectivity index (χ3v) is 9.16. The van der Waals surface area contributed by atoms with E-state index in [1.807, 2.05) is 25.3 Å². The molecule has 6 N–H and O–H groups in total. The van der Waals surface area contributed by atoms with Crippen LogP contribution in [0.4, 0.5) is 9.18 Å². The molecule has 2 aliphatic carbocycles. The first-order chi connectivity index (χ1) is 19.4. The normalized spacial score (nSPS) is 35.5. The van der Waals surface area contributed by atoms with E-state index in [0.29, 0.717) is 18.2 Å². The van der Waals surface area contributed by atoms with Crippen molar-refractivity contribution in [2.75, 3.05) is 32.7 Å². The topological polar surface area (TPSA) is 110 Å². The molecule has 3 aliphatic heterocycles. The smallest absolute Gasteiger partial charge is 0.323 e. The Morgan fingerprint density at radius 2 is 2.05 bits per heavy atom. The number of aliphatic hydroxyl groups excluding tert-OH is 1. The van der Waals surface area contributed by atoms with Gasteiger partial charge >= 0.3 is 6.03 Å². The number of hydrogen-bond acceptors (Lipinski definition) is 7. The van der Waals surface area contributed by atoms with Crippen LogP contribution in [0.3, 0.4) is 0 Å². The number of carbonyl (C=O) groups excluding carboxylic acids is 1. The van der Waals surface area contributed by atoms with Crippen molar-refractivity contribution in [3.8, 4) is 0 Å². The highest BCUT2D eigenvalue weighted by Gasteiger charge is 2.36. The number of urea groups is 1. The average Bonchev–Trinajstić information content (AvgIpc) is 3.65. The first kappa shape index (κ1) is 29.5. The van der Waals surface area contributed by atoms with Gasteiger partial charge in [0.15, 0.2) is 0 Å². The molecule has 0 aromatic rings. The van der Waals surface area contributed by atoms with Gasteiger partial charge in [-0.3, -0.25) is 5.32 Å². The van der Waals surface area contributed by atoms with Crippen molar-refractivity contribution in [2.45, 2.75) is 101 Å². The molecule has 2 fully saturated rings. The van der Waals surface area contributed by atoms with Crippen LogP contribution in [-0.4, -0.2) is 85.5 Å². The van der Waals surface area contributed by atoms with E-state index in [4.69, 9.17) is 4.74 Å². The maximum absolute atomic E-state index is 14.1. The molecule has 0 aromatic carbocycles. The third-order valence-electron chi connectivity index (χ3n) is 9.16. The number of halogens is 1. The van der Waals surface area contributed by atoms with Crippen molar-refractivity contribution < 1.29 is 19.0 Å². The molecule has 0 bridgehead atoms. The molecule has 10 heteroatoms. The monoisotopic (exact) mass is 560 g/mol. The Morgan fingerprint density at radius 3 is 2.85 bits per heavy atom. The lowest BCUT2D eigenvalue weighted by molar-refractivity contribution is -0.00489. The quantitative estimate of drug-likeness (QED) is 0.228. The van der Waals surface area contributed by atoms with Crippen molar-refractivity contribution in [1.82, 2.24) is 31.5 Å². The largest absolute Gasteiger partial charge is 0.387 e. The molecule has 9 nitrogen and oxygen atoms in total. The van der Waals surface area contributed by atoms with Crippen molar-refractivity contribution in [3.63, 3.8) is 0 Å². The number of ether oxygens (including phenoxy) is 1. The molecule has 224 valence electrons. The number of amides is 2. The highest BCUT2D eigenvalue weighted by atomic mass is 19.1. The Bertz CT molecular complexity index is 938. The van der Waals surface area contributed by atoms with E-state index in [0.717, 1.165) is 63.9 Å². The van der Waals surface area contributed by atoms with Crippen molar-refractivity contribution in [2.24, 2.45) is 11.8 Å². The lowest BCUT2D eigenvalue weighted by Gasteiger charge is -2.33. The number of alkyl halides is 1. The molecule has 0 aromatic heterocycles. The lowest BCUT2D eigenvalue weighted by Crippen LogP contribution is -2.47. The molecule has 2 amide bonds. The number of nitrogens with zero attached hydrogens (tertiary/aromatic N) is 1. The van der Waals surface area contributed by atoms with Gasteiger partial charge in [0.2, 0.25) is 0 Å². The predicted molar refractivity (Wildman–Crippen MR) is 154 cm³/mol. The summed E-state index contributed by atoms with van der Waals surface area (Å²) in [6.45, 7) is 7.05. The number of hydrogen-bond donors (Lipinski definition) is 6. The second-order valence-electron chi connectivity index (χ2n) is 12.3.